The Labute approximate surface area is 443 Å². The molecule has 12 aromatic rings. The second-order valence-electron chi connectivity index (χ2n) is 20.6. The second kappa shape index (κ2) is 19.4. The van der Waals surface area contributed by atoms with Crippen LogP contribution in [0.15, 0.2) is 237 Å². The van der Waals surface area contributed by atoms with Crippen LogP contribution in [-0.2, 0) is 5.41 Å². The number of ketones is 1. The van der Waals surface area contributed by atoms with Crippen molar-refractivity contribution in [3.8, 4) is 22.3 Å². The van der Waals surface area contributed by atoms with Crippen molar-refractivity contribution in [2.75, 3.05) is 34.5 Å². The SMILES string of the molecule is CN(C)c1c(N)c(-c2ccc(N(c3ccccc3)c3ccc(C(=O)c4ccc(C(C)(C)C)cc4)cc3)cc2)c2nc3c4ccccc4c4ccccc4c3nc2c1-c1ccc(N(c2ccccc2)c2ccccc2)cc1. The van der Waals surface area contributed by atoms with Gasteiger partial charge in [-0.15, -0.1) is 0 Å². The van der Waals surface area contributed by atoms with Crippen LogP contribution in [0.25, 0.3) is 65.9 Å². The molecule has 0 bridgehead atoms. The summed E-state index contributed by atoms with van der Waals surface area (Å²) in [5, 5.41) is 4.31. The van der Waals surface area contributed by atoms with Crippen molar-refractivity contribution in [2.45, 2.75) is 26.2 Å². The number of nitrogens with zero attached hydrogens (tertiary/aromatic N) is 5. The largest absolute Gasteiger partial charge is 0.396 e. The van der Waals surface area contributed by atoms with Crippen LogP contribution in [0.5, 0.6) is 0 Å². The zero-order chi connectivity index (χ0) is 52.1. The fourth-order valence-corrected chi connectivity index (χ4v) is 10.8. The highest BCUT2D eigenvalue weighted by molar-refractivity contribution is 6.25. The van der Waals surface area contributed by atoms with E-state index in [1.54, 1.807) is 0 Å². The van der Waals surface area contributed by atoms with Gasteiger partial charge >= 0.3 is 0 Å². The molecular formula is C69H56N6O. The second-order valence-corrected chi connectivity index (χ2v) is 20.6. The minimum Gasteiger partial charge on any atom is -0.396 e. The van der Waals surface area contributed by atoms with Crippen LogP contribution < -0.4 is 20.4 Å². The molecule has 76 heavy (non-hydrogen) atoms. The molecule has 0 aliphatic heterocycles. The van der Waals surface area contributed by atoms with E-state index in [4.69, 9.17) is 15.7 Å². The summed E-state index contributed by atoms with van der Waals surface area (Å²) < 4.78 is 0. The molecule has 0 unspecified atom stereocenters. The Hall–Kier alpha value is -9.59. The Kier molecular flexibility index (Phi) is 12.1. The third-order valence-corrected chi connectivity index (χ3v) is 14.5. The summed E-state index contributed by atoms with van der Waals surface area (Å²) in [5.74, 6) is -0.0117. The predicted octanol–water partition coefficient (Wildman–Crippen LogP) is 17.5. The molecule has 0 saturated heterocycles. The van der Waals surface area contributed by atoms with Crippen LogP contribution >= 0.6 is 0 Å². The monoisotopic (exact) mass is 984 g/mol. The lowest BCUT2D eigenvalue weighted by molar-refractivity contribution is 0.103. The molecule has 0 amide bonds. The Balaban J connectivity index is 1.02. The molecule has 0 atom stereocenters. The highest BCUT2D eigenvalue weighted by atomic mass is 16.1. The number of hydrogen-bond donors (Lipinski definition) is 1. The average Bonchev–Trinajstić information content (AvgIpc) is 3.54. The summed E-state index contributed by atoms with van der Waals surface area (Å²) in [6.45, 7) is 6.53. The van der Waals surface area contributed by atoms with E-state index >= 15 is 0 Å². The van der Waals surface area contributed by atoms with Crippen molar-refractivity contribution >= 4 is 94.9 Å². The Morgan fingerprint density at radius 1 is 0.382 bits per heavy atom. The minimum atomic E-state index is -0.0117. The van der Waals surface area contributed by atoms with Gasteiger partial charge in [0.15, 0.2) is 5.78 Å². The first-order valence-electron chi connectivity index (χ1n) is 25.8. The lowest BCUT2D eigenvalue weighted by Gasteiger charge is -2.27. The number of nitrogens with two attached hydrogens (primary N) is 1. The zero-order valence-corrected chi connectivity index (χ0v) is 43.2. The molecule has 2 N–H and O–H groups in total. The van der Waals surface area contributed by atoms with Crippen molar-refractivity contribution < 1.29 is 4.79 Å². The molecule has 1 aromatic heterocycles. The maximum Gasteiger partial charge on any atom is 0.193 e. The zero-order valence-electron chi connectivity index (χ0n) is 43.2. The normalized spacial score (nSPS) is 11.6. The number of nitrogen functional groups attached to an aromatic ring is 1. The fraction of sp³-hybridized carbons (Fsp3) is 0.0870. The lowest BCUT2D eigenvalue weighted by atomic mass is 9.86. The summed E-state index contributed by atoms with van der Waals surface area (Å²) in [5.41, 5.74) is 24.3. The Morgan fingerprint density at radius 3 is 1.11 bits per heavy atom. The van der Waals surface area contributed by atoms with Crippen molar-refractivity contribution in [3.63, 3.8) is 0 Å². The smallest absolute Gasteiger partial charge is 0.193 e. The quantitative estimate of drug-likeness (QED) is 0.0599. The van der Waals surface area contributed by atoms with E-state index in [0.717, 1.165) is 100 Å². The molecule has 12 rings (SSSR count). The maximum atomic E-state index is 13.8. The van der Waals surface area contributed by atoms with Crippen LogP contribution in [0.1, 0.15) is 42.3 Å². The molecule has 0 spiro atoms. The molecule has 0 fully saturated rings. The van der Waals surface area contributed by atoms with Crippen molar-refractivity contribution in [1.29, 1.82) is 0 Å². The topological polar surface area (TPSA) is 78.6 Å². The van der Waals surface area contributed by atoms with Crippen LogP contribution in [0, 0.1) is 0 Å². The highest BCUT2D eigenvalue weighted by Crippen LogP contribution is 2.49. The van der Waals surface area contributed by atoms with E-state index in [0.29, 0.717) is 22.3 Å². The van der Waals surface area contributed by atoms with Gasteiger partial charge in [-0.05, 0) is 118 Å². The number of anilines is 8. The standard InChI is InChI=1S/C69H56N6O/c1-69(2,3)49-37-29-47(30-38-49)68(76)48-35-43-55(44-36-48)75(52-23-13-8-14-24-52)54-39-31-45(32-40-54)60-62(70)67(73(4)5)61(46-33-41-53(42-34-46)74(50-19-9-6-10-20-50)51-21-11-7-12-22-51)66-65(60)71-63-58-27-17-15-25-56(58)57-26-16-18-28-59(57)64(63)72-66/h6-44H,70H2,1-5H3. The molecule has 11 aromatic carbocycles. The number of hydrogen-bond acceptors (Lipinski definition) is 7. The molecule has 7 heteroatoms. The van der Waals surface area contributed by atoms with E-state index in [1.165, 1.54) is 5.56 Å². The predicted molar refractivity (Wildman–Crippen MR) is 320 cm³/mol. The molecule has 0 aliphatic rings. The van der Waals surface area contributed by atoms with Crippen molar-refractivity contribution in [3.05, 3.63) is 253 Å². The maximum absolute atomic E-state index is 13.8. The highest BCUT2D eigenvalue weighted by Gasteiger charge is 2.27. The molecule has 7 nitrogen and oxygen atoms in total. The van der Waals surface area contributed by atoms with E-state index in [1.807, 2.05) is 80.8 Å². The van der Waals surface area contributed by atoms with E-state index in [2.05, 4.69) is 205 Å². The van der Waals surface area contributed by atoms with Gasteiger partial charge in [-0.1, -0.05) is 172 Å². The molecular weight excluding hydrogens is 929 g/mol. The summed E-state index contributed by atoms with van der Waals surface area (Å²) in [7, 11) is 4.09. The third-order valence-electron chi connectivity index (χ3n) is 14.5. The summed E-state index contributed by atoms with van der Waals surface area (Å²) >= 11 is 0. The number of benzene rings is 11. The Morgan fingerprint density at radius 2 is 0.711 bits per heavy atom. The average molecular weight is 985 g/mol. The van der Waals surface area contributed by atoms with E-state index in [-0.39, 0.29) is 11.2 Å². The van der Waals surface area contributed by atoms with Gasteiger partial charge in [0.05, 0.1) is 22.4 Å². The fourth-order valence-electron chi connectivity index (χ4n) is 10.8. The van der Waals surface area contributed by atoms with Gasteiger partial charge in [-0.2, -0.15) is 0 Å². The van der Waals surface area contributed by atoms with E-state index < -0.39 is 0 Å². The molecule has 0 saturated carbocycles. The molecule has 368 valence electrons. The van der Waals surface area contributed by atoms with Crippen LogP contribution in [0.4, 0.5) is 45.5 Å². The van der Waals surface area contributed by atoms with Crippen LogP contribution in [-0.4, -0.2) is 29.8 Å². The number of fused-ring (bicyclic) bond motifs is 7. The third kappa shape index (κ3) is 8.51. The van der Waals surface area contributed by atoms with Crippen LogP contribution in [0.3, 0.4) is 0 Å². The first kappa shape index (κ1) is 47.4. The molecule has 1 heterocycles. The molecule has 0 aliphatic carbocycles. The van der Waals surface area contributed by atoms with Gasteiger partial charge in [0.2, 0.25) is 0 Å². The number of carbonyl (C=O) groups is 1. The van der Waals surface area contributed by atoms with Gasteiger partial charge in [0.25, 0.3) is 0 Å². The summed E-state index contributed by atoms with van der Waals surface area (Å²) in [4.78, 5) is 31.8. The van der Waals surface area contributed by atoms with Gasteiger partial charge < -0.3 is 20.4 Å². The van der Waals surface area contributed by atoms with Gasteiger partial charge in [0.1, 0.15) is 11.0 Å². The number of carbonyl (C=O) groups excluding carboxylic acids is 1. The molecule has 0 radical (unpaired) electrons. The van der Waals surface area contributed by atoms with Gasteiger partial charge in [0, 0.05) is 81.2 Å². The summed E-state index contributed by atoms with van der Waals surface area (Å²) in [6, 6.07) is 81.3. The Bertz CT molecular complexity index is 4060. The van der Waals surface area contributed by atoms with Crippen LogP contribution in [0.2, 0.25) is 0 Å². The van der Waals surface area contributed by atoms with E-state index in [9.17, 15) is 4.79 Å². The van der Waals surface area contributed by atoms with Gasteiger partial charge in [-0.25, -0.2) is 9.97 Å². The first-order valence-corrected chi connectivity index (χ1v) is 25.8. The summed E-state index contributed by atoms with van der Waals surface area (Å²) in [6.07, 6.45) is 0. The van der Waals surface area contributed by atoms with Crippen molar-refractivity contribution in [2.24, 2.45) is 0 Å². The lowest BCUT2D eigenvalue weighted by Crippen LogP contribution is -2.15. The first-order chi connectivity index (χ1) is 37.0. The number of rotatable bonds is 11. The number of para-hydroxylation sites is 3. The number of aromatic nitrogens is 2. The minimum absolute atomic E-state index is 0.000349. The van der Waals surface area contributed by atoms with Crippen molar-refractivity contribution in [1.82, 2.24) is 9.97 Å². The van der Waals surface area contributed by atoms with Gasteiger partial charge in [-0.3, -0.25) is 4.79 Å².